The molecule has 0 aromatic rings. The molecule has 14 heteroatoms. The molecular formula is C57H91NO13. The SMILES string of the molecule is CC/C=C\C/C=C\C/C=C\C/C=C\C/C=C\C/C=C\C/C=C\C/C=C\C/C=C\CCCC(=O)NC(COC1OC(CO)C(OC2OC(CO)C(O)C(O)C2O)C(O)C1O)C(O)/C=C/CCCCCCCC. The Kier molecular flexibility index (Phi) is 37.4. The first-order valence-electron chi connectivity index (χ1n) is 26.3. The van der Waals surface area contributed by atoms with Gasteiger partial charge in [-0.05, 0) is 83.5 Å². The zero-order valence-electron chi connectivity index (χ0n) is 42.7. The van der Waals surface area contributed by atoms with Gasteiger partial charge in [0.15, 0.2) is 12.6 Å². The lowest BCUT2D eigenvalue weighted by Crippen LogP contribution is -2.65. The number of carbonyl (C=O) groups is 1. The molecule has 402 valence electrons. The Morgan fingerprint density at radius 2 is 0.972 bits per heavy atom. The number of allylic oxidation sites excluding steroid dienone is 19. The number of rotatable bonds is 38. The molecule has 0 aromatic heterocycles. The van der Waals surface area contributed by atoms with E-state index in [1.165, 1.54) is 19.3 Å². The van der Waals surface area contributed by atoms with Crippen molar-refractivity contribution < 1.29 is 64.6 Å². The molecule has 12 unspecified atom stereocenters. The van der Waals surface area contributed by atoms with Gasteiger partial charge in [0, 0.05) is 6.42 Å². The summed E-state index contributed by atoms with van der Waals surface area (Å²) in [7, 11) is 0. The third-order valence-corrected chi connectivity index (χ3v) is 11.9. The van der Waals surface area contributed by atoms with Crippen LogP contribution in [0.25, 0.3) is 0 Å². The largest absolute Gasteiger partial charge is 0.394 e. The lowest BCUT2D eigenvalue weighted by molar-refractivity contribution is -0.359. The normalized spacial score (nSPS) is 26.8. The molecule has 0 aromatic carbocycles. The molecule has 0 saturated carbocycles. The number of nitrogens with one attached hydrogen (secondary N) is 1. The molecule has 71 heavy (non-hydrogen) atoms. The number of carbonyl (C=O) groups excluding carboxylic acids is 1. The number of amides is 1. The highest BCUT2D eigenvalue weighted by molar-refractivity contribution is 5.76. The first-order valence-corrected chi connectivity index (χ1v) is 26.3. The summed E-state index contributed by atoms with van der Waals surface area (Å²) in [5.41, 5.74) is 0. The van der Waals surface area contributed by atoms with Crippen molar-refractivity contribution in [1.82, 2.24) is 5.32 Å². The van der Waals surface area contributed by atoms with Gasteiger partial charge in [-0.2, -0.15) is 0 Å². The molecule has 2 aliphatic rings. The average Bonchev–Trinajstić information content (AvgIpc) is 3.37. The second kappa shape index (κ2) is 41.8. The van der Waals surface area contributed by atoms with E-state index in [-0.39, 0.29) is 18.9 Å². The van der Waals surface area contributed by atoms with E-state index >= 15 is 0 Å². The smallest absolute Gasteiger partial charge is 0.220 e. The number of aliphatic hydroxyl groups is 8. The van der Waals surface area contributed by atoms with Crippen molar-refractivity contribution in [3.8, 4) is 0 Å². The minimum atomic E-state index is -1.80. The first-order chi connectivity index (χ1) is 34.6. The molecule has 1 amide bonds. The minimum absolute atomic E-state index is 0.192. The highest BCUT2D eigenvalue weighted by Gasteiger charge is 2.51. The number of aliphatic hydroxyl groups excluding tert-OH is 8. The van der Waals surface area contributed by atoms with E-state index in [9.17, 15) is 45.6 Å². The van der Waals surface area contributed by atoms with Crippen LogP contribution in [-0.4, -0.2) is 140 Å². The highest BCUT2D eigenvalue weighted by atomic mass is 16.7. The zero-order chi connectivity index (χ0) is 51.7. The number of unbranched alkanes of at least 4 members (excludes halogenated alkanes) is 7. The van der Waals surface area contributed by atoms with E-state index < -0.39 is 86.8 Å². The summed E-state index contributed by atoms with van der Waals surface area (Å²) < 4.78 is 22.6. The number of hydrogen-bond donors (Lipinski definition) is 9. The lowest BCUT2D eigenvalue weighted by atomic mass is 9.97. The summed E-state index contributed by atoms with van der Waals surface area (Å²) in [5, 5.41) is 86.5. The number of ether oxygens (including phenoxy) is 4. The second-order valence-electron chi connectivity index (χ2n) is 17.9. The van der Waals surface area contributed by atoms with Crippen LogP contribution < -0.4 is 5.32 Å². The van der Waals surface area contributed by atoms with E-state index in [1.54, 1.807) is 6.08 Å². The first kappa shape index (κ1) is 63.5. The fourth-order valence-corrected chi connectivity index (χ4v) is 7.64. The van der Waals surface area contributed by atoms with Crippen LogP contribution in [0.3, 0.4) is 0 Å². The Morgan fingerprint density at radius 1 is 0.521 bits per heavy atom. The van der Waals surface area contributed by atoms with Gasteiger partial charge < -0.3 is 65.1 Å². The van der Waals surface area contributed by atoms with Crippen molar-refractivity contribution in [3.63, 3.8) is 0 Å². The van der Waals surface area contributed by atoms with Gasteiger partial charge in [-0.25, -0.2) is 0 Å². The summed E-state index contributed by atoms with van der Waals surface area (Å²) in [4.78, 5) is 13.1. The summed E-state index contributed by atoms with van der Waals surface area (Å²) in [5.74, 6) is -0.308. The van der Waals surface area contributed by atoms with E-state index in [0.29, 0.717) is 12.8 Å². The Morgan fingerprint density at radius 3 is 1.48 bits per heavy atom. The van der Waals surface area contributed by atoms with E-state index in [4.69, 9.17) is 18.9 Å². The van der Waals surface area contributed by atoms with Gasteiger partial charge in [0.05, 0.1) is 32.0 Å². The van der Waals surface area contributed by atoms with Gasteiger partial charge in [0.1, 0.15) is 48.8 Å². The van der Waals surface area contributed by atoms with Crippen LogP contribution in [0.15, 0.2) is 122 Å². The molecule has 12 atom stereocenters. The third kappa shape index (κ3) is 28.4. The van der Waals surface area contributed by atoms with Gasteiger partial charge in [-0.3, -0.25) is 4.79 Å². The molecule has 2 fully saturated rings. The van der Waals surface area contributed by atoms with Gasteiger partial charge in [-0.1, -0.05) is 167 Å². The Hall–Kier alpha value is -3.61. The maximum atomic E-state index is 13.1. The van der Waals surface area contributed by atoms with Crippen LogP contribution in [-0.2, 0) is 23.7 Å². The van der Waals surface area contributed by atoms with Crippen molar-refractivity contribution >= 4 is 5.91 Å². The molecule has 14 nitrogen and oxygen atoms in total. The standard InChI is InChI=1S/C57H91NO13/c1-3-5-7-9-11-13-14-15-16-17-18-19-20-21-22-23-24-25-26-27-28-29-30-31-32-33-35-37-39-41-49(62)58-45(46(61)40-38-36-34-12-10-8-6-4-2)44-68-56-54(67)52(65)55(48(43-60)70-56)71-57-53(66)51(64)50(63)47(42-59)69-57/h5,7,11,13,15-16,18-19,21-22,24-25,27-28,30-31,33,35,38,40,45-48,50-57,59-61,63-67H,3-4,6,8-10,12,14,17,20,23,26,29,32,34,36-37,39,41-44H2,1-2H3,(H,58,62)/b7-5-,13-11-,16-15-,19-18-,22-21-,25-24-,28-27-,31-30-,35-33-,40-38+. The predicted octanol–water partition coefficient (Wildman–Crippen LogP) is 7.49. The molecule has 0 aliphatic carbocycles. The third-order valence-electron chi connectivity index (χ3n) is 11.9. The quantitative estimate of drug-likeness (QED) is 0.0216. The summed E-state index contributed by atoms with van der Waals surface area (Å²) in [6.07, 6.45) is 42.7. The van der Waals surface area contributed by atoms with Crippen molar-refractivity contribution in [2.75, 3.05) is 19.8 Å². The molecule has 0 spiro atoms. The van der Waals surface area contributed by atoms with E-state index in [1.807, 2.05) is 12.2 Å². The topological polar surface area (TPSA) is 228 Å². The molecule has 2 rings (SSSR count). The molecule has 0 bridgehead atoms. The van der Waals surface area contributed by atoms with Crippen LogP contribution in [0.4, 0.5) is 0 Å². The van der Waals surface area contributed by atoms with Crippen LogP contribution in [0.5, 0.6) is 0 Å². The van der Waals surface area contributed by atoms with Gasteiger partial charge in [-0.15, -0.1) is 0 Å². The Labute approximate surface area is 425 Å². The van der Waals surface area contributed by atoms with Gasteiger partial charge >= 0.3 is 0 Å². The summed E-state index contributed by atoms with van der Waals surface area (Å²) in [6.45, 7) is 2.54. The van der Waals surface area contributed by atoms with E-state index in [2.05, 4.69) is 122 Å². The van der Waals surface area contributed by atoms with E-state index in [0.717, 1.165) is 83.5 Å². The molecule has 0 radical (unpaired) electrons. The molecule has 9 N–H and O–H groups in total. The van der Waals surface area contributed by atoms with Crippen LogP contribution in [0, 0.1) is 0 Å². The van der Waals surface area contributed by atoms with Crippen LogP contribution >= 0.6 is 0 Å². The molecular weight excluding hydrogens is 907 g/mol. The zero-order valence-corrected chi connectivity index (χ0v) is 42.7. The predicted molar refractivity (Wildman–Crippen MR) is 281 cm³/mol. The Bertz CT molecular complexity index is 1650. The average molecular weight is 998 g/mol. The fourth-order valence-electron chi connectivity index (χ4n) is 7.64. The molecule has 2 aliphatic heterocycles. The monoisotopic (exact) mass is 998 g/mol. The molecule has 2 saturated heterocycles. The minimum Gasteiger partial charge on any atom is -0.394 e. The number of hydrogen-bond acceptors (Lipinski definition) is 13. The summed E-state index contributed by atoms with van der Waals surface area (Å²) >= 11 is 0. The lowest BCUT2D eigenvalue weighted by Gasteiger charge is -2.46. The van der Waals surface area contributed by atoms with Crippen LogP contribution in [0.1, 0.15) is 136 Å². The van der Waals surface area contributed by atoms with Crippen molar-refractivity contribution in [1.29, 1.82) is 0 Å². The summed E-state index contributed by atoms with van der Waals surface area (Å²) in [6, 6.07) is -0.952. The maximum absolute atomic E-state index is 13.1. The second-order valence-corrected chi connectivity index (χ2v) is 17.9. The van der Waals surface area contributed by atoms with Crippen molar-refractivity contribution in [2.24, 2.45) is 0 Å². The highest BCUT2D eigenvalue weighted by Crippen LogP contribution is 2.30. The van der Waals surface area contributed by atoms with Crippen molar-refractivity contribution in [2.45, 2.75) is 209 Å². The van der Waals surface area contributed by atoms with Crippen LogP contribution in [0.2, 0.25) is 0 Å². The van der Waals surface area contributed by atoms with Crippen molar-refractivity contribution in [3.05, 3.63) is 122 Å². The Balaban J connectivity index is 1.75. The fraction of sp³-hybridized carbons (Fsp3) is 0.632. The van der Waals surface area contributed by atoms with Gasteiger partial charge in [0.2, 0.25) is 5.91 Å². The molecule has 2 heterocycles. The van der Waals surface area contributed by atoms with Gasteiger partial charge in [0.25, 0.3) is 0 Å². The maximum Gasteiger partial charge on any atom is 0.220 e.